The van der Waals surface area contributed by atoms with Crippen LogP contribution in [0.1, 0.15) is 16.2 Å². The van der Waals surface area contributed by atoms with Crippen LogP contribution < -0.4 is 5.32 Å². The molecule has 1 aromatic carbocycles. The first-order chi connectivity index (χ1) is 7.65. The summed E-state index contributed by atoms with van der Waals surface area (Å²) in [5.41, 5.74) is 1.39. The van der Waals surface area contributed by atoms with E-state index in [0.29, 0.717) is 11.4 Å². The van der Waals surface area contributed by atoms with E-state index >= 15 is 0 Å². The largest absolute Gasteiger partial charge is 0.351 e. The van der Waals surface area contributed by atoms with E-state index in [2.05, 4.69) is 26.4 Å². The van der Waals surface area contributed by atoms with Gasteiger partial charge in [-0.25, -0.2) is 0 Å². The molecule has 0 atom stereocenters. The van der Waals surface area contributed by atoms with E-state index in [0.717, 1.165) is 4.47 Å². The molecule has 1 amide bonds. The number of nitrogens with zero attached hydrogens (tertiary/aromatic N) is 1. The average Bonchev–Trinajstić information content (AvgIpc) is 2.68. The Balaban J connectivity index is 2.10. The number of hydrogen-bond donors (Lipinski definition) is 1. The van der Waals surface area contributed by atoms with Crippen molar-refractivity contribution in [2.24, 2.45) is 0 Å². The first kappa shape index (κ1) is 10.9. The zero-order valence-electron chi connectivity index (χ0n) is 8.53. The zero-order chi connectivity index (χ0) is 11.5. The minimum Gasteiger partial charge on any atom is -0.351 e. The zero-order valence-corrected chi connectivity index (χ0v) is 10.1. The van der Waals surface area contributed by atoms with E-state index in [4.69, 9.17) is 4.52 Å². The minimum atomic E-state index is -0.303. The van der Waals surface area contributed by atoms with Gasteiger partial charge in [-0.1, -0.05) is 21.1 Å². The maximum absolute atomic E-state index is 11.7. The van der Waals surface area contributed by atoms with Gasteiger partial charge in [-0.15, -0.1) is 0 Å². The highest BCUT2D eigenvalue weighted by Crippen LogP contribution is 2.15. The summed E-state index contributed by atoms with van der Waals surface area (Å²) in [7, 11) is 0. The van der Waals surface area contributed by atoms with Gasteiger partial charge in [-0.2, -0.15) is 0 Å². The molecule has 0 saturated carbocycles. The van der Waals surface area contributed by atoms with Crippen molar-refractivity contribution in [2.45, 2.75) is 6.92 Å². The molecule has 0 fully saturated rings. The summed E-state index contributed by atoms with van der Waals surface area (Å²) in [6.07, 6.45) is 0. The monoisotopic (exact) mass is 280 g/mol. The first-order valence-corrected chi connectivity index (χ1v) is 5.45. The Labute approximate surface area is 101 Å². The number of nitrogens with one attached hydrogen (secondary N) is 1. The number of hydrogen-bond acceptors (Lipinski definition) is 3. The van der Waals surface area contributed by atoms with E-state index in [1.165, 1.54) is 0 Å². The Hall–Kier alpha value is -1.62. The molecule has 1 N–H and O–H groups in total. The maximum Gasteiger partial charge on any atom is 0.294 e. The molecular weight excluding hydrogens is 272 g/mol. The van der Waals surface area contributed by atoms with Crippen molar-refractivity contribution in [2.75, 3.05) is 5.32 Å². The Kier molecular flexibility index (Phi) is 3.05. The normalized spacial score (nSPS) is 10.1. The van der Waals surface area contributed by atoms with Crippen molar-refractivity contribution in [3.63, 3.8) is 0 Å². The molecule has 82 valence electrons. The molecule has 0 bridgehead atoms. The minimum absolute atomic E-state index is 0.209. The lowest BCUT2D eigenvalue weighted by atomic mass is 10.3. The van der Waals surface area contributed by atoms with Gasteiger partial charge < -0.3 is 9.84 Å². The number of anilines is 1. The SMILES string of the molecule is Cc1cc(C(=O)Nc2ccc(Br)cc2)on1. The summed E-state index contributed by atoms with van der Waals surface area (Å²) < 4.78 is 5.81. The molecular formula is C11H9BrN2O2. The summed E-state index contributed by atoms with van der Waals surface area (Å²) in [6, 6.07) is 8.88. The lowest BCUT2D eigenvalue weighted by Crippen LogP contribution is -2.10. The van der Waals surface area contributed by atoms with E-state index < -0.39 is 0 Å². The van der Waals surface area contributed by atoms with Gasteiger partial charge >= 0.3 is 0 Å². The molecule has 4 nitrogen and oxygen atoms in total. The van der Waals surface area contributed by atoms with Gasteiger partial charge in [0.1, 0.15) is 0 Å². The number of halogens is 1. The van der Waals surface area contributed by atoms with Crippen molar-refractivity contribution < 1.29 is 9.32 Å². The number of aromatic nitrogens is 1. The highest BCUT2D eigenvalue weighted by atomic mass is 79.9. The summed E-state index contributed by atoms with van der Waals surface area (Å²) in [4.78, 5) is 11.7. The Morgan fingerprint density at radius 3 is 2.62 bits per heavy atom. The van der Waals surface area contributed by atoms with Crippen LogP contribution in [0.2, 0.25) is 0 Å². The van der Waals surface area contributed by atoms with Crippen LogP contribution in [-0.4, -0.2) is 11.1 Å². The van der Waals surface area contributed by atoms with Gasteiger partial charge in [0.25, 0.3) is 5.91 Å². The van der Waals surface area contributed by atoms with E-state index in [-0.39, 0.29) is 11.7 Å². The van der Waals surface area contributed by atoms with E-state index in [1.54, 1.807) is 25.1 Å². The number of aryl methyl sites for hydroxylation is 1. The molecule has 0 radical (unpaired) electrons. The molecule has 0 unspecified atom stereocenters. The fourth-order valence-electron chi connectivity index (χ4n) is 1.20. The second-order valence-corrected chi connectivity index (χ2v) is 4.21. The van der Waals surface area contributed by atoms with Gasteiger partial charge in [0.2, 0.25) is 5.76 Å². The van der Waals surface area contributed by atoms with Gasteiger partial charge in [-0.05, 0) is 31.2 Å². The Bertz CT molecular complexity index is 505. The van der Waals surface area contributed by atoms with Gasteiger partial charge in [0.15, 0.2) is 0 Å². The van der Waals surface area contributed by atoms with Crippen molar-refractivity contribution in [1.29, 1.82) is 0 Å². The fourth-order valence-corrected chi connectivity index (χ4v) is 1.46. The molecule has 0 saturated heterocycles. The third kappa shape index (κ3) is 2.49. The standard InChI is InChI=1S/C11H9BrN2O2/c1-7-6-10(16-14-7)11(15)13-9-4-2-8(12)3-5-9/h2-6H,1H3,(H,13,15). The van der Waals surface area contributed by atoms with Crippen LogP contribution in [0.4, 0.5) is 5.69 Å². The third-order valence-electron chi connectivity index (χ3n) is 1.95. The number of rotatable bonds is 2. The summed E-state index contributed by atoms with van der Waals surface area (Å²) in [6.45, 7) is 1.76. The van der Waals surface area contributed by atoms with Crippen molar-refractivity contribution >= 4 is 27.5 Å². The topological polar surface area (TPSA) is 55.1 Å². The van der Waals surface area contributed by atoms with Crippen LogP contribution in [0.3, 0.4) is 0 Å². The predicted molar refractivity (Wildman–Crippen MR) is 63.3 cm³/mol. The Morgan fingerprint density at radius 2 is 2.06 bits per heavy atom. The lowest BCUT2D eigenvalue weighted by Gasteiger charge is -2.01. The molecule has 2 rings (SSSR count). The number of carbonyl (C=O) groups excluding carboxylic acids is 1. The summed E-state index contributed by atoms with van der Waals surface area (Å²) in [5.74, 6) is -0.0941. The van der Waals surface area contributed by atoms with Crippen LogP contribution >= 0.6 is 15.9 Å². The van der Waals surface area contributed by atoms with Gasteiger partial charge in [-0.3, -0.25) is 4.79 Å². The lowest BCUT2D eigenvalue weighted by molar-refractivity contribution is 0.0988. The smallest absolute Gasteiger partial charge is 0.294 e. The average molecular weight is 281 g/mol. The molecule has 16 heavy (non-hydrogen) atoms. The van der Waals surface area contributed by atoms with Crippen LogP contribution in [0.25, 0.3) is 0 Å². The van der Waals surface area contributed by atoms with Crippen molar-refractivity contribution in [3.8, 4) is 0 Å². The summed E-state index contributed by atoms with van der Waals surface area (Å²) >= 11 is 3.32. The number of benzene rings is 1. The van der Waals surface area contributed by atoms with Crippen LogP contribution in [-0.2, 0) is 0 Å². The molecule has 1 aromatic heterocycles. The first-order valence-electron chi connectivity index (χ1n) is 4.65. The second-order valence-electron chi connectivity index (χ2n) is 3.29. The van der Waals surface area contributed by atoms with Gasteiger partial charge in [0, 0.05) is 16.2 Å². The van der Waals surface area contributed by atoms with Crippen LogP contribution in [0, 0.1) is 6.92 Å². The number of amides is 1. The molecule has 0 aliphatic carbocycles. The summed E-state index contributed by atoms with van der Waals surface area (Å²) in [5, 5.41) is 6.36. The maximum atomic E-state index is 11.7. The molecule has 5 heteroatoms. The van der Waals surface area contributed by atoms with Gasteiger partial charge in [0.05, 0.1) is 5.69 Å². The molecule has 0 aliphatic rings. The van der Waals surface area contributed by atoms with E-state index in [1.807, 2.05) is 12.1 Å². The molecule has 0 spiro atoms. The molecule has 2 aromatic rings. The second kappa shape index (κ2) is 4.49. The predicted octanol–water partition coefficient (Wildman–Crippen LogP) is 3.00. The molecule has 0 aliphatic heterocycles. The Morgan fingerprint density at radius 1 is 1.38 bits per heavy atom. The van der Waals surface area contributed by atoms with Crippen LogP contribution in [0.15, 0.2) is 39.3 Å². The highest BCUT2D eigenvalue weighted by molar-refractivity contribution is 9.10. The highest BCUT2D eigenvalue weighted by Gasteiger charge is 2.11. The van der Waals surface area contributed by atoms with Crippen LogP contribution in [0.5, 0.6) is 0 Å². The quantitative estimate of drug-likeness (QED) is 0.920. The number of carbonyl (C=O) groups is 1. The van der Waals surface area contributed by atoms with Crippen molar-refractivity contribution in [1.82, 2.24) is 5.16 Å². The van der Waals surface area contributed by atoms with Crippen molar-refractivity contribution in [3.05, 3.63) is 46.3 Å². The third-order valence-corrected chi connectivity index (χ3v) is 2.48. The molecule has 1 heterocycles. The van der Waals surface area contributed by atoms with E-state index in [9.17, 15) is 4.79 Å². The fraction of sp³-hybridized carbons (Fsp3) is 0.0909.